The van der Waals surface area contributed by atoms with Crippen molar-refractivity contribution in [3.63, 3.8) is 0 Å². The van der Waals surface area contributed by atoms with E-state index in [0.29, 0.717) is 6.42 Å². The van der Waals surface area contributed by atoms with Gasteiger partial charge in [-0.2, -0.15) is 0 Å². The zero-order chi connectivity index (χ0) is 19.2. The first-order valence-corrected chi connectivity index (χ1v) is 9.51. The Hall–Kier alpha value is -2.87. The maximum atomic E-state index is 12.8. The van der Waals surface area contributed by atoms with Crippen LogP contribution >= 0.6 is 0 Å². The molecule has 0 aliphatic rings. The summed E-state index contributed by atoms with van der Waals surface area (Å²) in [5.41, 5.74) is 5.99. The van der Waals surface area contributed by atoms with Crippen LogP contribution in [0.25, 0.3) is 0 Å². The van der Waals surface area contributed by atoms with E-state index in [4.69, 9.17) is 0 Å². The summed E-state index contributed by atoms with van der Waals surface area (Å²) in [6.45, 7) is 6.25. The maximum absolute atomic E-state index is 12.8. The summed E-state index contributed by atoms with van der Waals surface area (Å²) in [7, 11) is 0. The number of carbonyl (C=O) groups excluding carboxylic acids is 1. The molecule has 0 spiro atoms. The monoisotopic (exact) mass is 357 g/mol. The van der Waals surface area contributed by atoms with Gasteiger partial charge < -0.3 is 5.32 Å². The van der Waals surface area contributed by atoms with Crippen LogP contribution in [0.1, 0.15) is 53.1 Å². The molecule has 1 atom stereocenters. The molecule has 0 bridgehead atoms. The molecule has 0 unspecified atom stereocenters. The molecule has 1 N–H and O–H groups in total. The van der Waals surface area contributed by atoms with Gasteiger partial charge in [-0.15, -0.1) is 0 Å². The highest BCUT2D eigenvalue weighted by Crippen LogP contribution is 2.28. The van der Waals surface area contributed by atoms with Gasteiger partial charge in [0.25, 0.3) is 0 Å². The van der Waals surface area contributed by atoms with E-state index >= 15 is 0 Å². The van der Waals surface area contributed by atoms with Crippen molar-refractivity contribution < 1.29 is 4.79 Å². The Kier molecular flexibility index (Phi) is 6.08. The molecule has 27 heavy (non-hydrogen) atoms. The van der Waals surface area contributed by atoms with Gasteiger partial charge in [-0.25, -0.2) is 0 Å². The van der Waals surface area contributed by atoms with Gasteiger partial charge in [0.15, 0.2) is 0 Å². The van der Waals surface area contributed by atoms with Crippen LogP contribution in [-0.2, 0) is 4.79 Å². The van der Waals surface area contributed by atoms with Crippen molar-refractivity contribution in [1.29, 1.82) is 0 Å². The number of amides is 1. The molecule has 1 amide bonds. The summed E-state index contributed by atoms with van der Waals surface area (Å²) < 4.78 is 0. The lowest BCUT2D eigenvalue weighted by Gasteiger charge is -2.20. The van der Waals surface area contributed by atoms with Crippen LogP contribution in [0.15, 0.2) is 78.9 Å². The summed E-state index contributed by atoms with van der Waals surface area (Å²) in [5, 5.41) is 3.17. The zero-order valence-corrected chi connectivity index (χ0v) is 16.3. The van der Waals surface area contributed by atoms with Crippen molar-refractivity contribution >= 4 is 5.91 Å². The van der Waals surface area contributed by atoms with Gasteiger partial charge in [-0.05, 0) is 48.6 Å². The maximum Gasteiger partial charge on any atom is 0.221 e. The van der Waals surface area contributed by atoms with Crippen LogP contribution in [0.3, 0.4) is 0 Å². The van der Waals surface area contributed by atoms with E-state index in [1.54, 1.807) is 0 Å². The topological polar surface area (TPSA) is 29.1 Å². The van der Waals surface area contributed by atoms with Gasteiger partial charge in [-0.3, -0.25) is 4.79 Å². The lowest BCUT2D eigenvalue weighted by molar-refractivity contribution is -0.121. The van der Waals surface area contributed by atoms with Crippen molar-refractivity contribution in [3.05, 3.63) is 107 Å². The molecule has 0 heterocycles. The van der Waals surface area contributed by atoms with E-state index in [2.05, 4.69) is 61.6 Å². The molecule has 0 saturated carbocycles. The highest BCUT2D eigenvalue weighted by molar-refractivity contribution is 5.78. The second-order valence-electron chi connectivity index (χ2n) is 7.21. The van der Waals surface area contributed by atoms with E-state index < -0.39 is 0 Å². The van der Waals surface area contributed by atoms with Gasteiger partial charge in [0.05, 0.1) is 6.04 Å². The average molecular weight is 357 g/mol. The standard InChI is InChI=1S/C25H27NO/c1-18-14-15-23(16-19(18)2)20(3)26-25(27)17-24(21-10-6-4-7-11-21)22-12-8-5-9-13-22/h4-16,20,24H,17H2,1-3H3,(H,26,27)/t20-/m0/s1. The Morgan fingerprint density at radius 2 is 1.33 bits per heavy atom. The Morgan fingerprint density at radius 1 is 0.778 bits per heavy atom. The van der Waals surface area contributed by atoms with Crippen LogP contribution < -0.4 is 5.32 Å². The number of benzene rings is 3. The van der Waals surface area contributed by atoms with Crippen molar-refractivity contribution in [2.75, 3.05) is 0 Å². The number of nitrogens with one attached hydrogen (secondary N) is 1. The molecule has 2 heteroatoms. The summed E-state index contributed by atoms with van der Waals surface area (Å²) in [4.78, 5) is 12.8. The van der Waals surface area contributed by atoms with Gasteiger partial charge in [-0.1, -0.05) is 78.9 Å². The van der Waals surface area contributed by atoms with E-state index in [0.717, 1.165) is 16.7 Å². The molecule has 0 aliphatic carbocycles. The fourth-order valence-electron chi connectivity index (χ4n) is 3.40. The van der Waals surface area contributed by atoms with Crippen LogP contribution in [0.4, 0.5) is 0 Å². The van der Waals surface area contributed by atoms with Crippen molar-refractivity contribution in [3.8, 4) is 0 Å². The quantitative estimate of drug-likeness (QED) is 0.602. The van der Waals surface area contributed by atoms with Gasteiger partial charge in [0.2, 0.25) is 5.91 Å². The molecule has 3 rings (SSSR count). The van der Waals surface area contributed by atoms with Gasteiger partial charge in [0, 0.05) is 12.3 Å². The minimum atomic E-state index is -0.0102. The van der Waals surface area contributed by atoms with Crippen molar-refractivity contribution in [1.82, 2.24) is 5.32 Å². The summed E-state index contributed by atoms with van der Waals surface area (Å²) >= 11 is 0. The zero-order valence-electron chi connectivity index (χ0n) is 16.3. The van der Waals surface area contributed by atoms with Crippen LogP contribution in [0.2, 0.25) is 0 Å². The first kappa shape index (κ1) is 18.9. The average Bonchev–Trinajstić information content (AvgIpc) is 2.69. The molecular weight excluding hydrogens is 330 g/mol. The normalized spacial score (nSPS) is 12.0. The van der Waals surface area contributed by atoms with E-state index in [-0.39, 0.29) is 17.9 Å². The van der Waals surface area contributed by atoms with Crippen molar-refractivity contribution in [2.45, 2.75) is 39.2 Å². The molecule has 0 fully saturated rings. The number of hydrogen-bond acceptors (Lipinski definition) is 1. The third-order valence-corrected chi connectivity index (χ3v) is 5.20. The first-order chi connectivity index (χ1) is 13.0. The predicted molar refractivity (Wildman–Crippen MR) is 112 cm³/mol. The SMILES string of the molecule is Cc1ccc([C@H](C)NC(=O)CC(c2ccccc2)c2ccccc2)cc1C. The minimum absolute atomic E-state index is 0.0102. The Bertz CT molecular complexity index is 847. The van der Waals surface area contributed by atoms with Crippen LogP contribution in [-0.4, -0.2) is 5.91 Å². The predicted octanol–water partition coefficient (Wildman–Crippen LogP) is 5.70. The summed E-state index contributed by atoms with van der Waals surface area (Å²) in [6.07, 6.45) is 0.434. The highest BCUT2D eigenvalue weighted by atomic mass is 16.1. The number of rotatable bonds is 6. The van der Waals surface area contributed by atoms with Gasteiger partial charge >= 0.3 is 0 Å². The number of carbonyl (C=O) groups is 1. The second kappa shape index (κ2) is 8.68. The third kappa shape index (κ3) is 4.85. The largest absolute Gasteiger partial charge is 0.350 e. The van der Waals surface area contributed by atoms with Crippen LogP contribution in [0.5, 0.6) is 0 Å². The third-order valence-electron chi connectivity index (χ3n) is 5.20. The van der Waals surface area contributed by atoms with Gasteiger partial charge in [0.1, 0.15) is 0 Å². The van der Waals surface area contributed by atoms with E-state index in [9.17, 15) is 4.79 Å². The number of hydrogen-bond donors (Lipinski definition) is 1. The Labute approximate surface area is 162 Å². The minimum Gasteiger partial charge on any atom is -0.350 e. The summed E-state index contributed by atoms with van der Waals surface area (Å²) in [5.74, 6) is 0.123. The molecule has 0 radical (unpaired) electrons. The molecule has 3 aromatic carbocycles. The second-order valence-corrected chi connectivity index (χ2v) is 7.21. The molecule has 0 aromatic heterocycles. The Balaban J connectivity index is 1.75. The lowest BCUT2D eigenvalue weighted by Crippen LogP contribution is -2.28. The fourth-order valence-corrected chi connectivity index (χ4v) is 3.40. The smallest absolute Gasteiger partial charge is 0.221 e. The molecule has 3 aromatic rings. The fraction of sp³-hybridized carbons (Fsp3) is 0.240. The number of aryl methyl sites for hydroxylation is 2. The van der Waals surface area contributed by atoms with Crippen molar-refractivity contribution in [2.24, 2.45) is 0 Å². The Morgan fingerprint density at radius 3 is 1.85 bits per heavy atom. The van der Waals surface area contributed by atoms with Crippen LogP contribution in [0, 0.1) is 13.8 Å². The lowest BCUT2D eigenvalue weighted by atomic mass is 9.88. The highest BCUT2D eigenvalue weighted by Gasteiger charge is 2.19. The molecular formula is C25H27NO. The summed E-state index contributed by atoms with van der Waals surface area (Å²) in [6, 6.07) is 26.9. The van der Waals surface area contributed by atoms with E-state index in [1.807, 2.05) is 43.3 Å². The molecule has 0 aliphatic heterocycles. The first-order valence-electron chi connectivity index (χ1n) is 9.51. The molecule has 0 saturated heterocycles. The molecule has 138 valence electrons. The van der Waals surface area contributed by atoms with E-state index in [1.165, 1.54) is 11.1 Å². The molecule has 2 nitrogen and oxygen atoms in total.